The Bertz CT molecular complexity index is 1310. The number of nitrogens with two attached hydrogens (primary N) is 1. The third-order valence-corrected chi connectivity index (χ3v) is 7.27. The molecule has 2 atom stereocenters. The van der Waals surface area contributed by atoms with Crippen molar-refractivity contribution in [1.29, 1.82) is 0 Å². The smallest absolute Gasteiger partial charge is 0.330 e. The van der Waals surface area contributed by atoms with Crippen molar-refractivity contribution >= 4 is 29.3 Å². The van der Waals surface area contributed by atoms with E-state index in [1.54, 1.807) is 32.4 Å². The number of carbonyl (C=O) groups excluding carboxylic acids is 4. The Hall–Kier alpha value is -4.34. The van der Waals surface area contributed by atoms with Crippen LogP contribution in [0.4, 0.5) is 5.69 Å². The normalized spacial score (nSPS) is 15.7. The summed E-state index contributed by atoms with van der Waals surface area (Å²) in [7, 11) is 3.13. The number of hydrogen-bond donors (Lipinski definition) is 1. The fourth-order valence-corrected chi connectivity index (χ4v) is 4.82. The first kappa shape index (κ1) is 32.2. The minimum Gasteiger partial charge on any atom is -0.493 e. The Labute approximate surface area is 246 Å². The van der Waals surface area contributed by atoms with Gasteiger partial charge in [-0.3, -0.25) is 9.59 Å². The Kier molecular flexibility index (Phi) is 11.1. The Morgan fingerprint density at radius 3 is 2.48 bits per heavy atom. The molecule has 1 amide bonds. The number of piperidine rings is 1. The van der Waals surface area contributed by atoms with E-state index in [-0.39, 0.29) is 13.2 Å². The predicted molar refractivity (Wildman–Crippen MR) is 157 cm³/mol. The number of rotatable bonds is 13. The highest BCUT2D eigenvalue weighted by atomic mass is 16.5. The number of nitrogens with zero attached hydrogens (tertiary/aromatic N) is 1. The van der Waals surface area contributed by atoms with Gasteiger partial charge in [0.25, 0.3) is 5.91 Å². The lowest BCUT2D eigenvalue weighted by molar-refractivity contribution is -0.165. The van der Waals surface area contributed by atoms with Crippen LogP contribution < -0.4 is 15.2 Å². The van der Waals surface area contributed by atoms with E-state index in [0.29, 0.717) is 49.3 Å². The molecule has 2 unspecified atom stereocenters. The number of carbonyl (C=O) groups is 4. The molecule has 0 aromatic heterocycles. The molecule has 10 heteroatoms. The molecule has 0 spiro atoms. The highest BCUT2D eigenvalue weighted by Gasteiger charge is 2.42. The molecular weight excluding hydrogens is 540 g/mol. The first-order valence-electron chi connectivity index (χ1n) is 13.9. The third kappa shape index (κ3) is 8.11. The number of anilines is 1. The van der Waals surface area contributed by atoms with Gasteiger partial charge in [-0.25, -0.2) is 9.59 Å². The number of Topliss-reactive ketones (excluding diaryl/α,β-unsaturated/α-hetero) is 1. The molecule has 0 radical (unpaired) electrons. The predicted octanol–water partition coefficient (Wildman–Crippen LogP) is 4.21. The molecule has 0 saturated carbocycles. The Balaban J connectivity index is 1.79. The largest absolute Gasteiger partial charge is 0.493 e. The van der Waals surface area contributed by atoms with Crippen LogP contribution in [0.15, 0.2) is 55.1 Å². The molecule has 1 aliphatic heterocycles. The summed E-state index contributed by atoms with van der Waals surface area (Å²) >= 11 is 0. The second-order valence-electron chi connectivity index (χ2n) is 10.9. The SMILES string of the molecule is C=CC(=O)OCC(C)(C)C(=O)C(=O)N1CCCCC1C(=O)OC(CCc1ccc(OC)c(OC)c1)c1cccc(N)c1. The number of esters is 2. The van der Waals surface area contributed by atoms with Gasteiger partial charge in [-0.05, 0) is 81.3 Å². The number of aryl methyl sites for hydroxylation is 1. The molecule has 1 heterocycles. The van der Waals surface area contributed by atoms with E-state index in [1.807, 2.05) is 24.3 Å². The number of ketones is 1. The summed E-state index contributed by atoms with van der Waals surface area (Å²) < 4.78 is 21.8. The zero-order chi connectivity index (χ0) is 30.9. The lowest BCUT2D eigenvalue weighted by atomic mass is 9.87. The molecule has 0 bridgehead atoms. The summed E-state index contributed by atoms with van der Waals surface area (Å²) in [5, 5.41) is 0. The molecule has 0 aliphatic carbocycles. The fraction of sp³-hybridized carbons (Fsp3) is 0.438. The summed E-state index contributed by atoms with van der Waals surface area (Å²) in [4.78, 5) is 53.0. The van der Waals surface area contributed by atoms with E-state index >= 15 is 0 Å². The number of methoxy groups -OCH3 is 2. The second kappa shape index (κ2) is 14.5. The molecule has 1 fully saturated rings. The lowest BCUT2D eigenvalue weighted by Gasteiger charge is -2.36. The van der Waals surface area contributed by atoms with Crippen molar-refractivity contribution in [2.24, 2.45) is 5.41 Å². The van der Waals surface area contributed by atoms with E-state index in [2.05, 4.69) is 6.58 Å². The highest BCUT2D eigenvalue weighted by molar-refractivity contribution is 6.38. The molecule has 2 N–H and O–H groups in total. The number of nitrogen functional groups attached to an aromatic ring is 1. The van der Waals surface area contributed by atoms with E-state index in [0.717, 1.165) is 17.2 Å². The van der Waals surface area contributed by atoms with Gasteiger partial charge in [0.05, 0.1) is 19.6 Å². The van der Waals surface area contributed by atoms with Gasteiger partial charge in [-0.15, -0.1) is 0 Å². The molecule has 42 heavy (non-hydrogen) atoms. The van der Waals surface area contributed by atoms with Gasteiger partial charge >= 0.3 is 11.9 Å². The van der Waals surface area contributed by atoms with E-state index in [1.165, 1.54) is 18.7 Å². The van der Waals surface area contributed by atoms with Gasteiger partial charge in [0.1, 0.15) is 18.8 Å². The van der Waals surface area contributed by atoms with Gasteiger partial charge in [-0.1, -0.05) is 24.8 Å². The van der Waals surface area contributed by atoms with Crippen molar-refractivity contribution in [3.05, 3.63) is 66.2 Å². The maximum absolute atomic E-state index is 13.6. The molecule has 2 aromatic carbocycles. The molecule has 2 aromatic rings. The van der Waals surface area contributed by atoms with Crippen LogP contribution in [0.3, 0.4) is 0 Å². The Morgan fingerprint density at radius 1 is 1.07 bits per heavy atom. The highest BCUT2D eigenvalue weighted by Crippen LogP contribution is 2.32. The fourth-order valence-electron chi connectivity index (χ4n) is 4.82. The van der Waals surface area contributed by atoms with Crippen molar-refractivity contribution in [3.8, 4) is 11.5 Å². The topological polar surface area (TPSA) is 134 Å². The van der Waals surface area contributed by atoms with E-state index < -0.39 is 41.2 Å². The summed E-state index contributed by atoms with van der Waals surface area (Å²) in [6.45, 7) is 6.32. The number of benzene rings is 2. The van der Waals surface area contributed by atoms with Crippen LogP contribution >= 0.6 is 0 Å². The van der Waals surface area contributed by atoms with Crippen molar-refractivity contribution in [2.75, 3.05) is 33.1 Å². The van der Waals surface area contributed by atoms with Gasteiger partial charge in [0.2, 0.25) is 5.78 Å². The zero-order valence-electron chi connectivity index (χ0n) is 24.7. The van der Waals surface area contributed by atoms with Crippen LogP contribution in [0.25, 0.3) is 0 Å². The molecular formula is C32H40N2O8. The van der Waals surface area contributed by atoms with Gasteiger partial charge in [-0.2, -0.15) is 0 Å². The molecule has 3 rings (SSSR count). The molecule has 10 nitrogen and oxygen atoms in total. The quantitative estimate of drug-likeness (QED) is 0.160. The summed E-state index contributed by atoms with van der Waals surface area (Å²) in [5.74, 6) is -1.63. The third-order valence-electron chi connectivity index (χ3n) is 7.27. The lowest BCUT2D eigenvalue weighted by Crippen LogP contribution is -2.53. The zero-order valence-corrected chi connectivity index (χ0v) is 24.7. The van der Waals surface area contributed by atoms with Crippen molar-refractivity contribution in [2.45, 2.75) is 58.1 Å². The first-order valence-corrected chi connectivity index (χ1v) is 13.9. The maximum atomic E-state index is 13.6. The number of amides is 1. The average molecular weight is 581 g/mol. The summed E-state index contributed by atoms with van der Waals surface area (Å²) in [5.41, 5.74) is 6.95. The van der Waals surface area contributed by atoms with Crippen LogP contribution in [0, 0.1) is 5.41 Å². The van der Waals surface area contributed by atoms with E-state index in [9.17, 15) is 19.2 Å². The maximum Gasteiger partial charge on any atom is 0.330 e. The van der Waals surface area contributed by atoms with Crippen LogP contribution in [-0.2, 0) is 35.1 Å². The van der Waals surface area contributed by atoms with Crippen LogP contribution in [0.2, 0.25) is 0 Å². The van der Waals surface area contributed by atoms with Crippen molar-refractivity contribution in [3.63, 3.8) is 0 Å². The van der Waals surface area contributed by atoms with Gasteiger partial charge < -0.3 is 29.6 Å². The molecule has 226 valence electrons. The first-order chi connectivity index (χ1) is 20.0. The standard InChI is InChI=1S/C32H40N2O8/c1-6-28(35)41-20-32(2,3)29(36)30(37)34-17-8-7-12-24(34)31(38)42-25(22-10-9-11-23(33)19-22)15-13-21-14-16-26(39-4)27(18-21)40-5/h6,9-11,14,16,18-19,24-25H,1,7-8,12-13,15,17,20,33H2,2-5H3. The van der Waals surface area contributed by atoms with Crippen LogP contribution in [-0.4, -0.2) is 61.9 Å². The molecule has 1 aliphatic rings. The monoisotopic (exact) mass is 580 g/mol. The second-order valence-corrected chi connectivity index (χ2v) is 10.9. The number of ether oxygens (including phenoxy) is 4. The van der Waals surface area contributed by atoms with E-state index in [4.69, 9.17) is 24.7 Å². The number of likely N-dealkylation sites (tertiary alicyclic amines) is 1. The Morgan fingerprint density at radius 2 is 1.81 bits per heavy atom. The molecule has 1 saturated heterocycles. The van der Waals surface area contributed by atoms with Crippen molar-refractivity contribution in [1.82, 2.24) is 4.90 Å². The average Bonchev–Trinajstić information content (AvgIpc) is 3.00. The van der Waals surface area contributed by atoms with Crippen LogP contribution in [0.5, 0.6) is 11.5 Å². The summed E-state index contributed by atoms with van der Waals surface area (Å²) in [6, 6.07) is 11.8. The van der Waals surface area contributed by atoms with Gasteiger partial charge in [0, 0.05) is 18.3 Å². The van der Waals surface area contributed by atoms with Crippen LogP contribution in [0.1, 0.15) is 56.8 Å². The number of hydrogen-bond acceptors (Lipinski definition) is 9. The van der Waals surface area contributed by atoms with Crippen molar-refractivity contribution < 1.29 is 38.1 Å². The minimum atomic E-state index is -1.29. The van der Waals surface area contributed by atoms with Gasteiger partial charge in [0.15, 0.2) is 11.5 Å². The summed E-state index contributed by atoms with van der Waals surface area (Å²) in [6.07, 6.45) is 3.03. The minimum absolute atomic E-state index is 0.238.